The van der Waals surface area contributed by atoms with E-state index in [-0.39, 0.29) is 11.8 Å². The fourth-order valence-corrected chi connectivity index (χ4v) is 4.83. The van der Waals surface area contributed by atoms with Gasteiger partial charge in [-0.25, -0.2) is 9.97 Å². The van der Waals surface area contributed by atoms with E-state index in [1.165, 1.54) is 0 Å². The molecule has 196 valence electrons. The van der Waals surface area contributed by atoms with E-state index in [1.807, 2.05) is 18.0 Å². The molecule has 3 aliphatic rings. The van der Waals surface area contributed by atoms with Crippen LogP contribution in [0.1, 0.15) is 6.42 Å². The third-order valence-corrected chi connectivity index (χ3v) is 6.94. The maximum atomic E-state index is 12.6. The van der Waals surface area contributed by atoms with Gasteiger partial charge in [-0.1, -0.05) is 12.1 Å². The Morgan fingerprint density at radius 1 is 1.00 bits per heavy atom. The molecule has 0 spiro atoms. The summed E-state index contributed by atoms with van der Waals surface area (Å²) < 4.78 is 10.4. The zero-order chi connectivity index (χ0) is 25.5. The molecular formula is C27H35N7O3. The van der Waals surface area contributed by atoms with Crippen molar-refractivity contribution in [2.45, 2.75) is 6.42 Å². The van der Waals surface area contributed by atoms with Crippen molar-refractivity contribution in [1.29, 1.82) is 0 Å². The first-order valence-electron chi connectivity index (χ1n) is 13.0. The van der Waals surface area contributed by atoms with E-state index in [1.54, 1.807) is 12.4 Å². The smallest absolute Gasteiger partial charge is 0.228 e. The lowest BCUT2D eigenvalue weighted by Crippen LogP contribution is -2.50. The molecule has 1 atom stereocenters. The van der Waals surface area contributed by atoms with Gasteiger partial charge < -0.3 is 29.9 Å². The molecule has 10 nitrogen and oxygen atoms in total. The number of aromatic nitrogens is 3. The van der Waals surface area contributed by atoms with Gasteiger partial charge in [-0.05, 0) is 24.6 Å². The van der Waals surface area contributed by atoms with Crippen molar-refractivity contribution in [2.75, 3.05) is 83.0 Å². The Hall–Kier alpha value is -3.34. The van der Waals surface area contributed by atoms with Crippen molar-refractivity contribution in [3.8, 4) is 11.3 Å². The van der Waals surface area contributed by atoms with Crippen LogP contribution in [0.3, 0.4) is 0 Å². The van der Waals surface area contributed by atoms with Crippen molar-refractivity contribution in [3.05, 3.63) is 42.7 Å². The largest absolute Gasteiger partial charge is 0.381 e. The van der Waals surface area contributed by atoms with Gasteiger partial charge in [0.1, 0.15) is 5.52 Å². The number of hydrogen-bond acceptors (Lipinski definition) is 9. The maximum absolute atomic E-state index is 12.6. The molecule has 0 aliphatic carbocycles. The number of nitrogens with one attached hydrogen (secondary N) is 2. The normalized spacial score (nSPS) is 19.9. The molecule has 10 heteroatoms. The number of pyridine rings is 1. The molecule has 3 saturated heterocycles. The number of anilines is 2. The van der Waals surface area contributed by atoms with Crippen LogP contribution in [0.5, 0.6) is 0 Å². The molecule has 0 bridgehead atoms. The van der Waals surface area contributed by atoms with E-state index in [4.69, 9.17) is 14.5 Å². The SMILES string of the molecule is C1COCCN1.CNc1nc(-c2ccc(N3CCN(C(=O)C4CCOC4)CC3)cc2)cc2nccnc12. The Labute approximate surface area is 217 Å². The molecule has 1 unspecified atom stereocenters. The lowest BCUT2D eigenvalue weighted by Gasteiger charge is -2.37. The van der Waals surface area contributed by atoms with Gasteiger partial charge in [-0.2, -0.15) is 0 Å². The molecule has 2 aromatic heterocycles. The molecule has 0 radical (unpaired) electrons. The molecule has 37 heavy (non-hydrogen) atoms. The Balaban J connectivity index is 0.000000412. The van der Waals surface area contributed by atoms with Crippen molar-refractivity contribution in [3.63, 3.8) is 0 Å². The number of hydrogen-bond donors (Lipinski definition) is 2. The van der Waals surface area contributed by atoms with Crippen LogP contribution in [0.2, 0.25) is 0 Å². The minimum absolute atomic E-state index is 0.0486. The lowest BCUT2D eigenvalue weighted by molar-refractivity contribution is -0.135. The summed E-state index contributed by atoms with van der Waals surface area (Å²) in [5, 5.41) is 6.27. The van der Waals surface area contributed by atoms with Crippen LogP contribution in [0.4, 0.5) is 11.5 Å². The molecule has 1 aromatic carbocycles. The summed E-state index contributed by atoms with van der Waals surface area (Å²) in [6, 6.07) is 10.4. The van der Waals surface area contributed by atoms with Crippen LogP contribution in [-0.2, 0) is 14.3 Å². The van der Waals surface area contributed by atoms with Gasteiger partial charge in [-0.3, -0.25) is 9.78 Å². The monoisotopic (exact) mass is 505 g/mol. The Morgan fingerprint density at radius 3 is 2.38 bits per heavy atom. The van der Waals surface area contributed by atoms with Crippen molar-refractivity contribution < 1.29 is 14.3 Å². The number of fused-ring (bicyclic) bond motifs is 1. The minimum atomic E-state index is 0.0486. The summed E-state index contributed by atoms with van der Waals surface area (Å²) in [6.07, 6.45) is 4.22. The molecule has 1 amide bonds. The summed E-state index contributed by atoms with van der Waals surface area (Å²) in [5.74, 6) is 1.02. The zero-order valence-electron chi connectivity index (χ0n) is 21.4. The topological polar surface area (TPSA) is 105 Å². The maximum Gasteiger partial charge on any atom is 0.228 e. The Kier molecular flexibility index (Phi) is 8.39. The first-order chi connectivity index (χ1) is 18.2. The van der Waals surface area contributed by atoms with Gasteiger partial charge in [0, 0.05) is 76.6 Å². The fourth-order valence-electron chi connectivity index (χ4n) is 4.83. The predicted octanol–water partition coefficient (Wildman–Crippen LogP) is 2.02. The van der Waals surface area contributed by atoms with E-state index in [2.05, 4.69) is 49.8 Å². The number of nitrogens with zero attached hydrogens (tertiary/aromatic N) is 5. The van der Waals surface area contributed by atoms with E-state index in [0.717, 1.165) is 92.7 Å². The third kappa shape index (κ3) is 6.15. The van der Waals surface area contributed by atoms with Crippen LogP contribution in [-0.4, -0.2) is 98.5 Å². The zero-order valence-corrected chi connectivity index (χ0v) is 21.4. The second-order valence-electron chi connectivity index (χ2n) is 9.31. The molecule has 2 N–H and O–H groups in total. The number of carbonyl (C=O) groups is 1. The number of morpholine rings is 1. The first kappa shape index (κ1) is 25.3. The van der Waals surface area contributed by atoms with Crippen LogP contribution < -0.4 is 15.5 Å². The first-order valence-corrected chi connectivity index (χ1v) is 13.0. The molecule has 3 aromatic rings. The highest BCUT2D eigenvalue weighted by molar-refractivity contribution is 5.88. The van der Waals surface area contributed by atoms with Crippen LogP contribution in [0.25, 0.3) is 22.3 Å². The highest BCUT2D eigenvalue weighted by atomic mass is 16.5. The van der Waals surface area contributed by atoms with Gasteiger partial charge >= 0.3 is 0 Å². The van der Waals surface area contributed by atoms with Gasteiger partial charge in [0.25, 0.3) is 0 Å². The number of carbonyl (C=O) groups excluding carboxylic acids is 1. The quantitative estimate of drug-likeness (QED) is 0.551. The number of ether oxygens (including phenoxy) is 2. The van der Waals surface area contributed by atoms with Crippen LogP contribution in [0, 0.1) is 5.92 Å². The highest BCUT2D eigenvalue weighted by Gasteiger charge is 2.30. The van der Waals surface area contributed by atoms with E-state index in [9.17, 15) is 4.79 Å². The summed E-state index contributed by atoms with van der Waals surface area (Å²) in [6.45, 7) is 8.31. The number of amides is 1. The predicted molar refractivity (Wildman–Crippen MR) is 144 cm³/mol. The summed E-state index contributed by atoms with van der Waals surface area (Å²) in [5.41, 5.74) is 4.63. The highest BCUT2D eigenvalue weighted by Crippen LogP contribution is 2.27. The van der Waals surface area contributed by atoms with Crippen LogP contribution >= 0.6 is 0 Å². The molecule has 5 heterocycles. The summed E-state index contributed by atoms with van der Waals surface area (Å²) >= 11 is 0. The second-order valence-corrected chi connectivity index (χ2v) is 9.31. The molecule has 6 rings (SSSR count). The number of rotatable bonds is 4. The van der Waals surface area contributed by atoms with Gasteiger partial charge in [0.05, 0.1) is 36.9 Å². The second kappa shape index (κ2) is 12.3. The molecule has 0 saturated carbocycles. The molecular weight excluding hydrogens is 470 g/mol. The van der Waals surface area contributed by atoms with Crippen molar-refractivity contribution in [1.82, 2.24) is 25.2 Å². The molecule has 3 aliphatic heterocycles. The van der Waals surface area contributed by atoms with Crippen molar-refractivity contribution in [2.24, 2.45) is 5.92 Å². The average Bonchev–Trinajstić information content (AvgIpc) is 3.53. The van der Waals surface area contributed by atoms with Crippen LogP contribution in [0.15, 0.2) is 42.7 Å². The van der Waals surface area contributed by atoms with Gasteiger partial charge in [0.2, 0.25) is 5.91 Å². The Bertz CT molecular complexity index is 1160. The number of piperazine rings is 1. The standard InChI is InChI=1S/C23H26N6O2.C4H9NO/c1-24-22-21-20(25-7-8-26-21)14-19(27-22)16-2-4-18(5-3-16)28-9-11-29(12-10-28)23(30)17-6-13-31-15-17;1-3-6-4-2-5-1/h2-5,7-8,14,17H,6,9-13,15H2,1H3,(H,24,27);5H,1-4H2. The molecule has 3 fully saturated rings. The summed E-state index contributed by atoms with van der Waals surface area (Å²) in [7, 11) is 1.84. The van der Waals surface area contributed by atoms with Crippen molar-refractivity contribution >= 4 is 28.4 Å². The van der Waals surface area contributed by atoms with Gasteiger partial charge in [-0.15, -0.1) is 0 Å². The van der Waals surface area contributed by atoms with E-state index >= 15 is 0 Å². The summed E-state index contributed by atoms with van der Waals surface area (Å²) in [4.78, 5) is 30.4. The van der Waals surface area contributed by atoms with Gasteiger partial charge in [0.15, 0.2) is 5.82 Å². The third-order valence-electron chi connectivity index (χ3n) is 6.94. The lowest BCUT2D eigenvalue weighted by atomic mass is 10.1. The Morgan fingerprint density at radius 2 is 1.76 bits per heavy atom. The van der Waals surface area contributed by atoms with E-state index in [0.29, 0.717) is 13.2 Å². The minimum Gasteiger partial charge on any atom is -0.381 e. The number of benzene rings is 1. The van der Waals surface area contributed by atoms with E-state index < -0.39 is 0 Å². The average molecular weight is 506 g/mol. The fraction of sp³-hybridized carbons (Fsp3) is 0.481.